The van der Waals surface area contributed by atoms with Crippen molar-refractivity contribution in [1.29, 1.82) is 0 Å². The van der Waals surface area contributed by atoms with Gasteiger partial charge in [-0.05, 0) is 127 Å². The Hall–Kier alpha value is -8.01. The molecule has 0 saturated heterocycles. The van der Waals surface area contributed by atoms with Crippen molar-refractivity contribution in [2.45, 2.75) is 0 Å². The van der Waals surface area contributed by atoms with E-state index in [-0.39, 0.29) is 0 Å². The number of oxazole rings is 1. The molecule has 0 spiro atoms. The largest absolute Gasteiger partial charge is 0.436 e. The van der Waals surface area contributed by atoms with Gasteiger partial charge in [-0.3, -0.25) is 0 Å². The third-order valence-corrected chi connectivity index (χ3v) is 11.5. The number of rotatable bonds is 8. The zero-order valence-electron chi connectivity index (χ0n) is 32.7. The van der Waals surface area contributed by atoms with E-state index in [9.17, 15) is 0 Å². The summed E-state index contributed by atoms with van der Waals surface area (Å²) in [6.45, 7) is 0. The Balaban J connectivity index is 0.975. The Morgan fingerprint density at radius 2 is 0.800 bits per heavy atom. The molecule has 3 nitrogen and oxygen atoms in total. The van der Waals surface area contributed by atoms with Crippen LogP contribution in [0.15, 0.2) is 235 Å². The summed E-state index contributed by atoms with van der Waals surface area (Å²) in [5, 5.41) is 4.62. The third kappa shape index (κ3) is 6.58. The zero-order chi connectivity index (χ0) is 39.8. The third-order valence-electron chi connectivity index (χ3n) is 11.5. The monoisotopic (exact) mass is 766 g/mol. The second-order valence-corrected chi connectivity index (χ2v) is 15.2. The maximum absolute atomic E-state index is 6.41. The first-order chi connectivity index (χ1) is 29.7. The molecule has 282 valence electrons. The second-order valence-electron chi connectivity index (χ2n) is 15.2. The number of aromatic nitrogens is 1. The van der Waals surface area contributed by atoms with E-state index in [0.717, 1.165) is 66.8 Å². The van der Waals surface area contributed by atoms with E-state index >= 15 is 0 Å². The smallest absolute Gasteiger partial charge is 0.227 e. The Bertz CT molecular complexity index is 3280. The molecule has 60 heavy (non-hydrogen) atoms. The minimum Gasteiger partial charge on any atom is -0.436 e. The van der Waals surface area contributed by atoms with Crippen molar-refractivity contribution in [2.24, 2.45) is 0 Å². The summed E-state index contributed by atoms with van der Waals surface area (Å²) in [5.74, 6) is 0.628. The number of fused-ring (bicyclic) bond motifs is 4. The highest BCUT2D eigenvalue weighted by Gasteiger charge is 2.17. The van der Waals surface area contributed by atoms with Crippen LogP contribution in [0.1, 0.15) is 0 Å². The SMILES string of the molecule is c1ccc(-c2ccc(N(c3ccc(-c4cccc(-c5cc6oc(-c7ccccc7)nc6c6ccccc56)c4)cc3)c3ccc4ccc(-c5ccccc5)cc4c3)cc2)cc1. The number of benzene rings is 10. The first-order valence-corrected chi connectivity index (χ1v) is 20.4. The van der Waals surface area contributed by atoms with Crippen LogP contribution in [-0.2, 0) is 0 Å². The summed E-state index contributed by atoms with van der Waals surface area (Å²) in [5.41, 5.74) is 15.2. The van der Waals surface area contributed by atoms with Gasteiger partial charge < -0.3 is 9.32 Å². The number of hydrogen-bond acceptors (Lipinski definition) is 3. The number of hydrogen-bond donors (Lipinski definition) is 0. The predicted molar refractivity (Wildman–Crippen MR) is 251 cm³/mol. The predicted octanol–water partition coefficient (Wildman–Crippen LogP) is 15.9. The fourth-order valence-corrected chi connectivity index (χ4v) is 8.43. The van der Waals surface area contributed by atoms with E-state index in [1.54, 1.807) is 0 Å². The van der Waals surface area contributed by atoms with Gasteiger partial charge in [0.2, 0.25) is 5.89 Å². The Morgan fingerprint density at radius 3 is 1.48 bits per heavy atom. The van der Waals surface area contributed by atoms with Crippen LogP contribution in [0.25, 0.3) is 88.6 Å². The molecule has 1 heterocycles. The molecule has 0 radical (unpaired) electrons. The van der Waals surface area contributed by atoms with Crippen molar-refractivity contribution in [1.82, 2.24) is 4.98 Å². The lowest BCUT2D eigenvalue weighted by molar-refractivity contribution is 0.620. The molecule has 0 N–H and O–H groups in total. The molecular weight excluding hydrogens is 729 g/mol. The second kappa shape index (κ2) is 15.1. The molecule has 10 aromatic carbocycles. The van der Waals surface area contributed by atoms with Crippen molar-refractivity contribution < 1.29 is 4.42 Å². The molecule has 0 aliphatic heterocycles. The summed E-state index contributed by atoms with van der Waals surface area (Å²) in [4.78, 5) is 7.31. The molecule has 0 fully saturated rings. The lowest BCUT2D eigenvalue weighted by Crippen LogP contribution is -2.09. The van der Waals surface area contributed by atoms with Crippen molar-refractivity contribution >= 4 is 49.7 Å². The maximum atomic E-state index is 6.41. The van der Waals surface area contributed by atoms with Gasteiger partial charge in [0.15, 0.2) is 5.58 Å². The highest BCUT2D eigenvalue weighted by molar-refractivity contribution is 6.11. The van der Waals surface area contributed by atoms with Crippen molar-refractivity contribution in [3.8, 4) is 56.0 Å². The van der Waals surface area contributed by atoms with Crippen LogP contribution in [0, 0.1) is 0 Å². The van der Waals surface area contributed by atoms with Gasteiger partial charge in [-0.2, -0.15) is 0 Å². The average molecular weight is 767 g/mol. The summed E-state index contributed by atoms with van der Waals surface area (Å²) in [6, 6.07) is 82.0. The van der Waals surface area contributed by atoms with Gasteiger partial charge in [0.05, 0.1) is 0 Å². The van der Waals surface area contributed by atoms with Crippen molar-refractivity contribution in [3.05, 3.63) is 231 Å². The molecule has 11 rings (SSSR count). The summed E-state index contributed by atoms with van der Waals surface area (Å²) in [6.07, 6.45) is 0. The molecule has 3 heteroatoms. The molecule has 0 unspecified atom stereocenters. The Morgan fingerprint density at radius 1 is 0.317 bits per heavy atom. The summed E-state index contributed by atoms with van der Waals surface area (Å²) >= 11 is 0. The van der Waals surface area contributed by atoms with Crippen LogP contribution in [-0.4, -0.2) is 4.98 Å². The first-order valence-electron chi connectivity index (χ1n) is 20.4. The quantitative estimate of drug-likeness (QED) is 0.154. The van der Waals surface area contributed by atoms with E-state index in [0.29, 0.717) is 5.89 Å². The Labute approximate surface area is 349 Å². The molecule has 0 aliphatic rings. The molecular formula is C57H38N2O. The fraction of sp³-hybridized carbons (Fsp3) is 0. The molecule has 0 atom stereocenters. The number of nitrogens with zero attached hydrogens (tertiary/aromatic N) is 2. The standard InChI is InChI=1S/C57H38N2O/c1-4-13-39(14-5-1)41-25-30-49(31-26-41)59(51-34-29-43-23-24-46(36-48(43)37-51)40-15-6-2-7-16-40)50-32-27-42(28-33-50)45-19-12-20-47(35-45)54-38-55-56(53-22-11-10-21-52(53)54)58-57(60-55)44-17-8-3-9-18-44/h1-38H. The highest BCUT2D eigenvalue weighted by Crippen LogP contribution is 2.41. The molecule has 0 saturated carbocycles. The summed E-state index contributed by atoms with van der Waals surface area (Å²) < 4.78 is 6.41. The van der Waals surface area contributed by atoms with Crippen molar-refractivity contribution in [3.63, 3.8) is 0 Å². The highest BCUT2D eigenvalue weighted by atomic mass is 16.3. The van der Waals surface area contributed by atoms with Gasteiger partial charge in [0.1, 0.15) is 5.52 Å². The maximum Gasteiger partial charge on any atom is 0.227 e. The molecule has 0 bridgehead atoms. The zero-order valence-corrected chi connectivity index (χ0v) is 32.7. The van der Waals surface area contributed by atoms with Gasteiger partial charge in [0, 0.05) is 28.0 Å². The van der Waals surface area contributed by atoms with Crippen LogP contribution in [0.2, 0.25) is 0 Å². The van der Waals surface area contributed by atoms with E-state index in [2.05, 4.69) is 205 Å². The van der Waals surface area contributed by atoms with Crippen LogP contribution >= 0.6 is 0 Å². The van der Waals surface area contributed by atoms with Gasteiger partial charge in [-0.15, -0.1) is 0 Å². The molecule has 0 aliphatic carbocycles. The molecule has 0 amide bonds. The Kier molecular flexibility index (Phi) is 8.83. The first kappa shape index (κ1) is 35.2. The van der Waals surface area contributed by atoms with Gasteiger partial charge in [-0.1, -0.05) is 164 Å². The normalized spacial score (nSPS) is 11.3. The molecule has 11 aromatic rings. The lowest BCUT2D eigenvalue weighted by Gasteiger charge is -2.26. The average Bonchev–Trinajstić information content (AvgIpc) is 3.77. The number of anilines is 3. The minimum atomic E-state index is 0.628. The molecule has 1 aromatic heterocycles. The van der Waals surface area contributed by atoms with Crippen LogP contribution < -0.4 is 4.90 Å². The van der Waals surface area contributed by atoms with E-state index in [4.69, 9.17) is 9.40 Å². The lowest BCUT2D eigenvalue weighted by atomic mass is 9.94. The van der Waals surface area contributed by atoms with Crippen LogP contribution in [0.3, 0.4) is 0 Å². The van der Waals surface area contributed by atoms with Crippen LogP contribution in [0.4, 0.5) is 17.1 Å². The van der Waals surface area contributed by atoms with Gasteiger partial charge >= 0.3 is 0 Å². The van der Waals surface area contributed by atoms with Gasteiger partial charge in [0.25, 0.3) is 0 Å². The van der Waals surface area contributed by atoms with E-state index in [1.165, 1.54) is 33.0 Å². The fourth-order valence-electron chi connectivity index (χ4n) is 8.43. The topological polar surface area (TPSA) is 29.3 Å². The van der Waals surface area contributed by atoms with E-state index < -0.39 is 0 Å². The van der Waals surface area contributed by atoms with Crippen molar-refractivity contribution in [2.75, 3.05) is 4.90 Å². The van der Waals surface area contributed by atoms with Crippen LogP contribution in [0.5, 0.6) is 0 Å². The van der Waals surface area contributed by atoms with E-state index in [1.807, 2.05) is 30.3 Å². The van der Waals surface area contributed by atoms with Gasteiger partial charge in [-0.25, -0.2) is 4.98 Å². The minimum absolute atomic E-state index is 0.628. The summed E-state index contributed by atoms with van der Waals surface area (Å²) in [7, 11) is 0.